The van der Waals surface area contributed by atoms with Crippen molar-refractivity contribution in [3.63, 3.8) is 0 Å². The monoisotopic (exact) mass is 559 g/mol. The van der Waals surface area contributed by atoms with Crippen LogP contribution in [0.15, 0.2) is 127 Å². The number of nitrogens with zero attached hydrogens (tertiary/aromatic N) is 3. The van der Waals surface area contributed by atoms with Crippen LogP contribution in [0.3, 0.4) is 0 Å². The van der Waals surface area contributed by atoms with Crippen molar-refractivity contribution in [3.05, 3.63) is 133 Å². The van der Waals surface area contributed by atoms with Crippen molar-refractivity contribution in [2.24, 2.45) is 0 Å². The third-order valence-electron chi connectivity index (χ3n) is 8.87. The highest BCUT2D eigenvalue weighted by molar-refractivity contribution is 7.86. The van der Waals surface area contributed by atoms with Gasteiger partial charge in [0.1, 0.15) is 11.3 Å². The summed E-state index contributed by atoms with van der Waals surface area (Å²) in [5, 5.41) is 7.48. The van der Waals surface area contributed by atoms with Gasteiger partial charge in [0.2, 0.25) is 0 Å². The lowest BCUT2D eigenvalue weighted by molar-refractivity contribution is 0.592. The molecule has 5 heteroatoms. The zero-order chi connectivity index (χ0) is 28.0. The van der Waals surface area contributed by atoms with E-state index in [0.29, 0.717) is 0 Å². The van der Waals surface area contributed by atoms with Crippen LogP contribution in [0.2, 0.25) is 0 Å². The van der Waals surface area contributed by atoms with Gasteiger partial charge in [0.15, 0.2) is 7.14 Å². The van der Waals surface area contributed by atoms with Crippen molar-refractivity contribution in [1.82, 2.24) is 14.1 Å². The number of aromatic nitrogens is 3. The molecular formula is C37H26N3OP. The van der Waals surface area contributed by atoms with Gasteiger partial charge in [0, 0.05) is 33.1 Å². The van der Waals surface area contributed by atoms with E-state index in [4.69, 9.17) is 4.98 Å². The average Bonchev–Trinajstić information content (AvgIpc) is 3.61. The fraction of sp³-hybridized carbons (Fsp3) is 0.0541. The maximum absolute atomic E-state index is 15.5. The van der Waals surface area contributed by atoms with Gasteiger partial charge in [0.25, 0.3) is 0 Å². The van der Waals surface area contributed by atoms with Crippen LogP contribution in [0.25, 0.3) is 55.0 Å². The summed E-state index contributed by atoms with van der Waals surface area (Å²) in [6.45, 7) is 2.14. The minimum Gasteiger partial charge on any atom is -0.308 e. The number of fused-ring (bicyclic) bond motifs is 7. The van der Waals surface area contributed by atoms with E-state index in [1.54, 1.807) is 0 Å². The Kier molecular flexibility index (Phi) is 4.83. The van der Waals surface area contributed by atoms with Gasteiger partial charge in [-0.2, -0.15) is 0 Å². The number of para-hydroxylation sites is 2. The Morgan fingerprint density at radius 3 is 2.21 bits per heavy atom. The molecule has 0 spiro atoms. The molecule has 8 aromatic rings. The number of aryl methyl sites for hydroxylation is 1. The van der Waals surface area contributed by atoms with Crippen molar-refractivity contribution < 1.29 is 4.57 Å². The molecule has 0 amide bonds. The maximum atomic E-state index is 15.5. The fourth-order valence-electron chi connectivity index (χ4n) is 7.09. The van der Waals surface area contributed by atoms with Crippen molar-refractivity contribution in [1.29, 1.82) is 0 Å². The van der Waals surface area contributed by atoms with Crippen LogP contribution >= 0.6 is 7.14 Å². The highest BCUT2D eigenvalue weighted by atomic mass is 31.2. The molecule has 0 saturated carbocycles. The minimum atomic E-state index is -3.16. The van der Waals surface area contributed by atoms with Gasteiger partial charge in [-0.25, -0.2) is 4.98 Å². The lowest BCUT2D eigenvalue weighted by Crippen LogP contribution is -2.33. The SMILES string of the molecule is CCc1nc2c(-n3c4ccccc4c4c5ccccc5ccc43)ccc3c2n1-c1ccccc1P3(=O)c1ccccc1. The lowest BCUT2D eigenvalue weighted by Gasteiger charge is -2.29. The predicted octanol–water partition coefficient (Wildman–Crippen LogP) is 7.79. The first-order valence-corrected chi connectivity index (χ1v) is 16.1. The standard InChI is InChI=1S/C37H26N3OP/c1-2-34-38-36-31(39-28-17-9-8-16-27(28)35-26-15-7-6-12-24(26)20-21-30(35)39)22-23-33-37(36)40(34)29-18-10-11-19-32(29)42(33,41)25-13-4-3-5-14-25/h3-23H,2H2,1H3. The molecule has 0 radical (unpaired) electrons. The van der Waals surface area contributed by atoms with Crippen LogP contribution in [-0.2, 0) is 11.0 Å². The molecule has 1 unspecified atom stereocenters. The molecule has 6 aromatic carbocycles. The normalized spacial score (nSPS) is 16.0. The molecule has 3 heterocycles. The Morgan fingerprint density at radius 2 is 1.36 bits per heavy atom. The molecule has 4 nitrogen and oxygen atoms in total. The van der Waals surface area contributed by atoms with Crippen molar-refractivity contribution in [2.75, 3.05) is 0 Å². The number of hydrogen-bond acceptors (Lipinski definition) is 2. The summed E-state index contributed by atoms with van der Waals surface area (Å²) in [5.41, 5.74) is 6.06. The van der Waals surface area contributed by atoms with Gasteiger partial charge >= 0.3 is 0 Å². The van der Waals surface area contributed by atoms with Gasteiger partial charge < -0.3 is 9.13 Å². The maximum Gasteiger partial charge on any atom is 0.175 e. The molecular weight excluding hydrogens is 533 g/mol. The Hall–Kier alpha value is -4.92. The van der Waals surface area contributed by atoms with E-state index in [1.807, 2.05) is 48.5 Å². The molecule has 0 aliphatic carbocycles. The Morgan fingerprint density at radius 1 is 0.619 bits per heavy atom. The minimum absolute atomic E-state index is 0.759. The number of imidazole rings is 1. The number of benzene rings is 6. The number of rotatable bonds is 3. The third kappa shape index (κ3) is 2.92. The Labute approximate surface area is 242 Å². The first-order valence-electron chi connectivity index (χ1n) is 14.4. The molecule has 1 atom stereocenters. The zero-order valence-electron chi connectivity index (χ0n) is 23.0. The quantitative estimate of drug-likeness (QED) is 0.207. The third-order valence-corrected chi connectivity index (χ3v) is 12.0. The van der Waals surface area contributed by atoms with Crippen LogP contribution in [0, 0.1) is 0 Å². The molecule has 42 heavy (non-hydrogen) atoms. The van der Waals surface area contributed by atoms with E-state index in [1.165, 1.54) is 21.5 Å². The molecule has 0 N–H and O–H groups in total. The molecule has 0 saturated heterocycles. The van der Waals surface area contributed by atoms with Gasteiger partial charge in [-0.15, -0.1) is 0 Å². The first-order chi connectivity index (χ1) is 20.7. The highest BCUT2D eigenvalue weighted by Gasteiger charge is 2.40. The second kappa shape index (κ2) is 8.55. The number of hydrogen-bond donors (Lipinski definition) is 0. The van der Waals surface area contributed by atoms with Crippen LogP contribution < -0.4 is 15.9 Å². The summed E-state index contributed by atoms with van der Waals surface area (Å²) in [6.07, 6.45) is 0.759. The van der Waals surface area contributed by atoms with Gasteiger partial charge in [-0.1, -0.05) is 97.9 Å². The van der Waals surface area contributed by atoms with E-state index in [-0.39, 0.29) is 0 Å². The van der Waals surface area contributed by atoms with E-state index in [9.17, 15) is 0 Å². The van der Waals surface area contributed by atoms with E-state index in [2.05, 4.69) is 94.9 Å². The van der Waals surface area contributed by atoms with Crippen LogP contribution in [0.1, 0.15) is 12.7 Å². The molecule has 200 valence electrons. The molecule has 1 aliphatic heterocycles. The Bertz CT molecular complexity index is 2430. The predicted molar refractivity (Wildman–Crippen MR) is 175 cm³/mol. The molecule has 2 aromatic heterocycles. The van der Waals surface area contributed by atoms with Gasteiger partial charge in [-0.05, 0) is 47.2 Å². The molecule has 0 fully saturated rings. The highest BCUT2D eigenvalue weighted by Crippen LogP contribution is 2.50. The largest absolute Gasteiger partial charge is 0.308 e. The summed E-state index contributed by atoms with van der Waals surface area (Å²) in [7, 11) is -3.16. The van der Waals surface area contributed by atoms with Crippen LogP contribution in [0.5, 0.6) is 0 Å². The fourth-order valence-corrected chi connectivity index (χ4v) is 10.1. The molecule has 1 aliphatic rings. The second-order valence-corrected chi connectivity index (χ2v) is 13.7. The van der Waals surface area contributed by atoms with E-state index in [0.717, 1.165) is 61.6 Å². The van der Waals surface area contributed by atoms with Crippen LogP contribution in [0.4, 0.5) is 0 Å². The van der Waals surface area contributed by atoms with Crippen LogP contribution in [-0.4, -0.2) is 14.1 Å². The topological polar surface area (TPSA) is 39.8 Å². The zero-order valence-corrected chi connectivity index (χ0v) is 23.9. The average molecular weight is 560 g/mol. The van der Waals surface area contributed by atoms with Gasteiger partial charge in [-0.3, -0.25) is 4.57 Å². The van der Waals surface area contributed by atoms with E-state index >= 15 is 4.57 Å². The summed E-state index contributed by atoms with van der Waals surface area (Å²) < 4.78 is 20.1. The molecule has 9 rings (SSSR count). The van der Waals surface area contributed by atoms with E-state index < -0.39 is 7.14 Å². The summed E-state index contributed by atoms with van der Waals surface area (Å²) in [4.78, 5) is 5.31. The summed E-state index contributed by atoms with van der Waals surface area (Å²) in [5.74, 6) is 0.969. The second-order valence-electron chi connectivity index (χ2n) is 11.0. The van der Waals surface area contributed by atoms with Crippen molar-refractivity contribution in [3.8, 4) is 11.4 Å². The molecule has 0 bridgehead atoms. The van der Waals surface area contributed by atoms with Crippen molar-refractivity contribution in [2.45, 2.75) is 13.3 Å². The first kappa shape index (κ1) is 23.8. The Balaban J connectivity index is 1.46. The smallest absolute Gasteiger partial charge is 0.175 e. The summed E-state index contributed by atoms with van der Waals surface area (Å²) >= 11 is 0. The lowest BCUT2D eigenvalue weighted by atomic mass is 10.0. The van der Waals surface area contributed by atoms with Crippen molar-refractivity contribution >= 4 is 66.7 Å². The summed E-state index contributed by atoms with van der Waals surface area (Å²) in [6, 6.07) is 44.0. The van der Waals surface area contributed by atoms with Gasteiger partial charge in [0.05, 0.1) is 27.9 Å².